The second-order valence-corrected chi connectivity index (χ2v) is 9.45. The smallest absolute Gasteiger partial charge is 0.0619 e. The fourth-order valence-corrected chi connectivity index (χ4v) is 4.92. The maximum absolute atomic E-state index is 3.33. The van der Waals surface area contributed by atoms with Gasteiger partial charge in [-0.2, -0.15) is 0 Å². The second-order valence-electron chi connectivity index (χ2n) is 4.80. The van der Waals surface area contributed by atoms with Crippen LogP contribution in [0.4, 0.5) is 0 Å². The molecule has 0 aliphatic carbocycles. The minimum absolute atomic E-state index is 0.228. The van der Waals surface area contributed by atoms with E-state index < -0.39 is 0 Å². The third-order valence-electron chi connectivity index (χ3n) is 3.05. The molecule has 0 atom stereocenters. The first-order valence-corrected chi connectivity index (χ1v) is 11.7. The zero-order valence-corrected chi connectivity index (χ0v) is 17.2. The van der Waals surface area contributed by atoms with E-state index in [0.717, 1.165) is 11.1 Å². The van der Waals surface area contributed by atoms with Gasteiger partial charge in [-0.25, -0.2) is 0 Å². The Morgan fingerprint density at radius 1 is 0.458 bits per heavy atom. The summed E-state index contributed by atoms with van der Waals surface area (Å²) in [6.07, 6.45) is 0. The van der Waals surface area contributed by atoms with Crippen molar-refractivity contribution in [3.8, 4) is 19.7 Å². The van der Waals surface area contributed by atoms with E-state index in [0.29, 0.717) is 0 Å². The molecule has 2 heteroatoms. The SMILES string of the molecule is C(#Cc1ccc(C#C[I+]c2ccccc2)cc1)[I+]c1ccccc1. The van der Waals surface area contributed by atoms with Crippen molar-refractivity contribution < 1.29 is 42.4 Å². The Labute approximate surface area is 164 Å². The van der Waals surface area contributed by atoms with Gasteiger partial charge in [-0.15, -0.1) is 0 Å². The Balaban J connectivity index is 1.58. The molecule has 0 fully saturated rings. The average molecular weight is 532 g/mol. The van der Waals surface area contributed by atoms with E-state index in [2.05, 4.69) is 92.5 Å². The van der Waals surface area contributed by atoms with Crippen LogP contribution in [0.15, 0.2) is 84.9 Å². The average Bonchev–Trinajstić information content (AvgIpc) is 2.65. The van der Waals surface area contributed by atoms with Crippen molar-refractivity contribution in [1.82, 2.24) is 0 Å². The summed E-state index contributed by atoms with van der Waals surface area (Å²) in [5.41, 5.74) is 2.13. The Hall–Kier alpha value is -1.76. The van der Waals surface area contributed by atoms with Crippen LogP contribution >= 0.6 is 0 Å². The minimum atomic E-state index is -0.228. The van der Waals surface area contributed by atoms with E-state index in [-0.39, 0.29) is 42.4 Å². The van der Waals surface area contributed by atoms with E-state index >= 15 is 0 Å². The molecular weight excluding hydrogens is 518 g/mol. The summed E-state index contributed by atoms with van der Waals surface area (Å²) in [5, 5.41) is 0. The van der Waals surface area contributed by atoms with Crippen LogP contribution in [0.25, 0.3) is 0 Å². The second kappa shape index (κ2) is 9.52. The molecule has 3 aromatic carbocycles. The summed E-state index contributed by atoms with van der Waals surface area (Å²) in [4.78, 5) is 0. The molecule has 0 N–H and O–H groups in total. The molecule has 0 aromatic heterocycles. The number of hydrogen-bond donors (Lipinski definition) is 0. The molecule has 0 heterocycles. The predicted molar refractivity (Wildman–Crippen MR) is 90.5 cm³/mol. The van der Waals surface area contributed by atoms with Crippen molar-refractivity contribution >= 4 is 0 Å². The summed E-state index contributed by atoms with van der Waals surface area (Å²) >= 11 is -0.455. The van der Waals surface area contributed by atoms with Gasteiger partial charge in [0.25, 0.3) is 0 Å². The van der Waals surface area contributed by atoms with Crippen LogP contribution in [-0.4, -0.2) is 0 Å². The van der Waals surface area contributed by atoms with Gasteiger partial charge in [-0.3, -0.25) is 0 Å². The summed E-state index contributed by atoms with van der Waals surface area (Å²) in [7, 11) is 0. The van der Waals surface area contributed by atoms with Gasteiger partial charge in [-0.1, -0.05) is 36.4 Å². The van der Waals surface area contributed by atoms with Gasteiger partial charge in [0, 0.05) is 11.1 Å². The highest BCUT2D eigenvalue weighted by Crippen LogP contribution is 2.00. The zero-order valence-electron chi connectivity index (χ0n) is 12.8. The molecule has 0 saturated carbocycles. The van der Waals surface area contributed by atoms with Gasteiger partial charge in [0.1, 0.15) is 0 Å². The third-order valence-corrected chi connectivity index (χ3v) is 6.81. The zero-order chi connectivity index (χ0) is 16.5. The standard InChI is InChI=1S/C22H14I2/c1-3-7-21(8-4-1)23-17-15-19-11-13-20(14-12-19)16-18-24-22-9-5-2-6-10-22/h1-14H/q+2. The van der Waals surface area contributed by atoms with Gasteiger partial charge >= 0.3 is 42.4 Å². The molecule has 3 aromatic rings. The number of halogens is 2. The molecule has 3 rings (SSSR count). The first-order chi connectivity index (χ1) is 11.9. The van der Waals surface area contributed by atoms with Crippen LogP contribution in [0.5, 0.6) is 0 Å². The van der Waals surface area contributed by atoms with Crippen molar-refractivity contribution in [3.05, 3.63) is 103 Å². The van der Waals surface area contributed by atoms with E-state index in [1.807, 2.05) is 12.1 Å². The van der Waals surface area contributed by atoms with Gasteiger partial charge in [-0.05, 0) is 60.4 Å². The highest BCUT2D eigenvalue weighted by molar-refractivity contribution is 5.40. The van der Waals surface area contributed by atoms with Crippen molar-refractivity contribution in [2.45, 2.75) is 0 Å². The van der Waals surface area contributed by atoms with Crippen LogP contribution in [-0.2, 0) is 0 Å². The molecule has 0 unspecified atom stereocenters. The van der Waals surface area contributed by atoms with Crippen molar-refractivity contribution in [3.63, 3.8) is 0 Å². The van der Waals surface area contributed by atoms with E-state index in [1.54, 1.807) is 0 Å². The van der Waals surface area contributed by atoms with E-state index in [1.165, 1.54) is 7.14 Å². The fraction of sp³-hybridized carbons (Fsp3) is 0. The van der Waals surface area contributed by atoms with Crippen molar-refractivity contribution in [2.75, 3.05) is 0 Å². The number of rotatable bonds is 2. The van der Waals surface area contributed by atoms with Crippen LogP contribution < -0.4 is 42.4 Å². The van der Waals surface area contributed by atoms with Gasteiger partial charge in [0.2, 0.25) is 7.14 Å². The first kappa shape index (κ1) is 17.1. The monoisotopic (exact) mass is 532 g/mol. The Morgan fingerprint density at radius 3 is 1.21 bits per heavy atom. The van der Waals surface area contributed by atoms with Crippen molar-refractivity contribution in [1.29, 1.82) is 0 Å². The maximum atomic E-state index is 3.33. The summed E-state index contributed by atoms with van der Waals surface area (Å²) in [6.45, 7) is 0. The number of hydrogen-bond acceptors (Lipinski definition) is 0. The number of benzene rings is 3. The highest BCUT2D eigenvalue weighted by atomic mass is 127. The molecule has 0 radical (unpaired) electrons. The van der Waals surface area contributed by atoms with Crippen LogP contribution in [0.3, 0.4) is 0 Å². The Morgan fingerprint density at radius 2 is 0.833 bits per heavy atom. The topological polar surface area (TPSA) is 0 Å². The van der Waals surface area contributed by atoms with Crippen LogP contribution in [0.2, 0.25) is 0 Å². The van der Waals surface area contributed by atoms with Gasteiger partial charge in [0.05, 0.1) is 0 Å². The Bertz CT molecular complexity index is 812. The largest absolute Gasteiger partial charge is 0.420 e. The maximum Gasteiger partial charge on any atom is 0.420 e. The summed E-state index contributed by atoms with van der Waals surface area (Å²) in [5.74, 6) is 6.52. The van der Waals surface area contributed by atoms with Gasteiger partial charge in [0.15, 0.2) is 7.85 Å². The predicted octanol–water partition coefficient (Wildman–Crippen LogP) is -1.78. The molecule has 0 aliphatic heterocycles. The molecule has 0 saturated heterocycles. The minimum Gasteiger partial charge on any atom is -0.0619 e. The lowest BCUT2D eigenvalue weighted by atomic mass is 10.1. The van der Waals surface area contributed by atoms with Crippen molar-refractivity contribution in [2.24, 2.45) is 0 Å². The molecule has 0 bridgehead atoms. The lowest BCUT2D eigenvalue weighted by Crippen LogP contribution is -3.59. The molecule has 24 heavy (non-hydrogen) atoms. The fourth-order valence-electron chi connectivity index (χ4n) is 1.86. The lowest BCUT2D eigenvalue weighted by Gasteiger charge is -1.89. The third kappa shape index (κ3) is 5.70. The molecule has 114 valence electrons. The quantitative estimate of drug-likeness (QED) is 0.271. The molecular formula is C22H14I2+2. The molecule has 0 amide bonds. The first-order valence-electron chi connectivity index (χ1n) is 7.40. The van der Waals surface area contributed by atoms with Crippen LogP contribution in [0, 0.1) is 26.8 Å². The van der Waals surface area contributed by atoms with Crippen LogP contribution in [0.1, 0.15) is 11.1 Å². The summed E-state index contributed by atoms with van der Waals surface area (Å²) < 4.78 is 9.38. The summed E-state index contributed by atoms with van der Waals surface area (Å²) in [6, 6.07) is 29.2. The highest BCUT2D eigenvalue weighted by Gasteiger charge is 2.07. The molecule has 0 aliphatic rings. The Kier molecular flexibility index (Phi) is 6.77. The molecule has 0 nitrogen and oxygen atoms in total. The van der Waals surface area contributed by atoms with E-state index in [4.69, 9.17) is 0 Å². The molecule has 0 spiro atoms. The van der Waals surface area contributed by atoms with Gasteiger partial charge < -0.3 is 0 Å². The van der Waals surface area contributed by atoms with E-state index in [9.17, 15) is 0 Å². The normalized spacial score (nSPS) is 9.33. The lowest BCUT2D eigenvalue weighted by molar-refractivity contribution is -0.535.